The van der Waals surface area contributed by atoms with Crippen molar-refractivity contribution in [3.05, 3.63) is 42.4 Å². The SMILES string of the molecule is ClCCCc1nnc(-c2ccc3ncccc3c2)o1. The predicted octanol–water partition coefficient (Wildman–Crippen LogP) is 3.46. The molecule has 0 atom stereocenters. The second kappa shape index (κ2) is 5.36. The Hall–Kier alpha value is -1.94. The molecule has 0 radical (unpaired) electrons. The molecule has 0 saturated heterocycles. The Morgan fingerprint density at radius 2 is 2.11 bits per heavy atom. The molecule has 0 aliphatic rings. The maximum atomic E-state index is 5.64. The number of alkyl halides is 1. The fourth-order valence-corrected chi connectivity index (χ4v) is 2.03. The second-order valence-electron chi connectivity index (χ2n) is 4.20. The highest BCUT2D eigenvalue weighted by Gasteiger charge is 2.08. The number of halogens is 1. The lowest BCUT2D eigenvalue weighted by molar-refractivity contribution is 0.503. The van der Waals surface area contributed by atoms with Gasteiger partial charge < -0.3 is 4.42 Å². The first-order valence-electron chi connectivity index (χ1n) is 6.10. The zero-order chi connectivity index (χ0) is 13.1. The van der Waals surface area contributed by atoms with Crippen molar-refractivity contribution in [3.8, 4) is 11.5 Å². The molecular formula is C14H12ClN3O. The molecule has 3 aromatic rings. The van der Waals surface area contributed by atoms with Crippen molar-refractivity contribution in [2.45, 2.75) is 12.8 Å². The minimum Gasteiger partial charge on any atom is -0.421 e. The van der Waals surface area contributed by atoms with Crippen LogP contribution >= 0.6 is 11.6 Å². The van der Waals surface area contributed by atoms with Crippen molar-refractivity contribution in [2.75, 3.05) is 5.88 Å². The van der Waals surface area contributed by atoms with Crippen LogP contribution in [0.4, 0.5) is 0 Å². The van der Waals surface area contributed by atoms with E-state index in [0.29, 0.717) is 24.1 Å². The number of aryl methyl sites for hydroxylation is 1. The molecule has 0 aliphatic heterocycles. The van der Waals surface area contributed by atoms with E-state index < -0.39 is 0 Å². The third-order valence-corrected chi connectivity index (χ3v) is 3.11. The van der Waals surface area contributed by atoms with Crippen LogP contribution in [0.1, 0.15) is 12.3 Å². The van der Waals surface area contributed by atoms with E-state index in [1.807, 2.05) is 30.3 Å². The summed E-state index contributed by atoms with van der Waals surface area (Å²) >= 11 is 5.64. The number of aromatic nitrogens is 3. The number of fused-ring (bicyclic) bond motifs is 1. The molecule has 2 aromatic heterocycles. The molecule has 0 aliphatic carbocycles. The second-order valence-corrected chi connectivity index (χ2v) is 4.58. The molecule has 0 saturated carbocycles. The lowest BCUT2D eigenvalue weighted by Crippen LogP contribution is -1.85. The molecule has 19 heavy (non-hydrogen) atoms. The van der Waals surface area contributed by atoms with Crippen molar-refractivity contribution >= 4 is 22.5 Å². The molecule has 1 aromatic carbocycles. The topological polar surface area (TPSA) is 51.8 Å². The van der Waals surface area contributed by atoms with Crippen LogP contribution in [0.3, 0.4) is 0 Å². The molecule has 96 valence electrons. The van der Waals surface area contributed by atoms with E-state index in [9.17, 15) is 0 Å². The molecule has 0 bridgehead atoms. The summed E-state index contributed by atoms with van der Waals surface area (Å²) in [5, 5.41) is 9.14. The minimum absolute atomic E-state index is 0.537. The van der Waals surface area contributed by atoms with Crippen LogP contribution in [-0.4, -0.2) is 21.1 Å². The van der Waals surface area contributed by atoms with Gasteiger partial charge in [-0.15, -0.1) is 21.8 Å². The van der Waals surface area contributed by atoms with Crippen LogP contribution in [0.25, 0.3) is 22.4 Å². The minimum atomic E-state index is 0.537. The van der Waals surface area contributed by atoms with Gasteiger partial charge in [-0.25, -0.2) is 0 Å². The summed E-state index contributed by atoms with van der Waals surface area (Å²) in [6.45, 7) is 0. The third-order valence-electron chi connectivity index (χ3n) is 2.84. The lowest BCUT2D eigenvalue weighted by Gasteiger charge is -1.98. The van der Waals surface area contributed by atoms with E-state index in [0.717, 1.165) is 22.9 Å². The molecule has 0 N–H and O–H groups in total. The average molecular weight is 274 g/mol. The van der Waals surface area contributed by atoms with E-state index in [2.05, 4.69) is 15.2 Å². The molecule has 0 amide bonds. The maximum absolute atomic E-state index is 5.64. The Bertz CT molecular complexity index is 696. The molecule has 0 fully saturated rings. The average Bonchev–Trinajstić information content (AvgIpc) is 2.93. The van der Waals surface area contributed by atoms with Crippen molar-refractivity contribution in [1.29, 1.82) is 0 Å². The maximum Gasteiger partial charge on any atom is 0.247 e. The molecule has 4 nitrogen and oxygen atoms in total. The molecule has 5 heteroatoms. The fourth-order valence-electron chi connectivity index (χ4n) is 1.90. The van der Waals surface area contributed by atoms with E-state index >= 15 is 0 Å². The Morgan fingerprint density at radius 1 is 1.16 bits per heavy atom. The number of hydrogen-bond donors (Lipinski definition) is 0. The summed E-state index contributed by atoms with van der Waals surface area (Å²) in [6, 6.07) is 9.81. The number of hydrogen-bond acceptors (Lipinski definition) is 4. The van der Waals surface area contributed by atoms with Gasteiger partial charge in [0.25, 0.3) is 0 Å². The van der Waals surface area contributed by atoms with E-state index in [1.54, 1.807) is 6.20 Å². The highest BCUT2D eigenvalue weighted by Crippen LogP contribution is 2.22. The first kappa shape index (κ1) is 12.1. The Labute approximate surface area is 115 Å². The first-order valence-corrected chi connectivity index (χ1v) is 6.64. The van der Waals surface area contributed by atoms with Crippen molar-refractivity contribution in [1.82, 2.24) is 15.2 Å². The van der Waals surface area contributed by atoms with Gasteiger partial charge in [0.15, 0.2) is 0 Å². The summed E-state index contributed by atoms with van der Waals surface area (Å²) in [5.41, 5.74) is 1.86. The standard InChI is InChI=1S/C14H12ClN3O/c15-7-1-4-13-17-18-14(19-13)11-5-6-12-10(9-11)3-2-8-16-12/h2-3,5-6,8-9H,1,4,7H2. The first-order chi connectivity index (χ1) is 9.36. The number of pyridine rings is 1. The van der Waals surface area contributed by atoms with E-state index in [4.69, 9.17) is 16.0 Å². The summed E-state index contributed by atoms with van der Waals surface area (Å²) in [6.07, 6.45) is 3.33. The van der Waals surface area contributed by atoms with Gasteiger partial charge in [-0.05, 0) is 30.7 Å². The monoisotopic (exact) mass is 273 g/mol. The van der Waals surface area contributed by atoms with Gasteiger partial charge in [-0.2, -0.15) is 0 Å². The van der Waals surface area contributed by atoms with Crippen LogP contribution in [0.5, 0.6) is 0 Å². The van der Waals surface area contributed by atoms with Crippen molar-refractivity contribution in [2.24, 2.45) is 0 Å². The zero-order valence-electron chi connectivity index (χ0n) is 10.2. The van der Waals surface area contributed by atoms with Gasteiger partial charge in [-0.1, -0.05) is 6.07 Å². The highest BCUT2D eigenvalue weighted by molar-refractivity contribution is 6.17. The van der Waals surface area contributed by atoms with Crippen LogP contribution in [-0.2, 0) is 6.42 Å². The van der Waals surface area contributed by atoms with Gasteiger partial charge in [0, 0.05) is 29.4 Å². The number of nitrogens with zero attached hydrogens (tertiary/aromatic N) is 3. The van der Waals surface area contributed by atoms with Gasteiger partial charge in [0.1, 0.15) is 0 Å². The van der Waals surface area contributed by atoms with Crippen LogP contribution in [0.15, 0.2) is 40.9 Å². The van der Waals surface area contributed by atoms with Crippen LogP contribution in [0, 0.1) is 0 Å². The van der Waals surface area contributed by atoms with Crippen molar-refractivity contribution in [3.63, 3.8) is 0 Å². The highest BCUT2D eigenvalue weighted by atomic mass is 35.5. The van der Waals surface area contributed by atoms with E-state index in [1.165, 1.54) is 0 Å². The van der Waals surface area contributed by atoms with Gasteiger partial charge in [0.05, 0.1) is 5.52 Å². The summed E-state index contributed by atoms with van der Waals surface area (Å²) in [4.78, 5) is 4.28. The molecule has 2 heterocycles. The number of rotatable bonds is 4. The van der Waals surface area contributed by atoms with Crippen molar-refractivity contribution < 1.29 is 4.42 Å². The zero-order valence-corrected chi connectivity index (χ0v) is 11.0. The normalized spacial score (nSPS) is 11.0. The smallest absolute Gasteiger partial charge is 0.247 e. The Morgan fingerprint density at radius 3 is 3.00 bits per heavy atom. The number of benzene rings is 1. The van der Waals surface area contributed by atoms with Gasteiger partial charge >= 0.3 is 0 Å². The van der Waals surface area contributed by atoms with Gasteiger partial charge in [-0.3, -0.25) is 4.98 Å². The van der Waals surface area contributed by atoms with Gasteiger partial charge in [0.2, 0.25) is 11.8 Å². The predicted molar refractivity (Wildman–Crippen MR) is 74.1 cm³/mol. The Kier molecular flexibility index (Phi) is 3.42. The summed E-state index contributed by atoms with van der Waals surface area (Å²) in [5.74, 6) is 1.76. The summed E-state index contributed by atoms with van der Waals surface area (Å²) in [7, 11) is 0. The molecule has 0 unspecified atom stereocenters. The van der Waals surface area contributed by atoms with Crippen LogP contribution in [0.2, 0.25) is 0 Å². The van der Waals surface area contributed by atoms with Crippen LogP contribution < -0.4 is 0 Å². The molecular weight excluding hydrogens is 262 g/mol. The quantitative estimate of drug-likeness (QED) is 0.683. The fraction of sp³-hybridized carbons (Fsp3) is 0.214. The lowest BCUT2D eigenvalue weighted by atomic mass is 10.1. The summed E-state index contributed by atoms with van der Waals surface area (Å²) < 4.78 is 5.62. The molecule has 3 rings (SSSR count). The Balaban J connectivity index is 1.92. The third kappa shape index (κ3) is 2.58. The largest absolute Gasteiger partial charge is 0.421 e. The van der Waals surface area contributed by atoms with E-state index in [-0.39, 0.29) is 0 Å². The molecule has 0 spiro atoms.